The van der Waals surface area contributed by atoms with Gasteiger partial charge in [-0.15, -0.1) is 0 Å². The predicted octanol–water partition coefficient (Wildman–Crippen LogP) is 2.28. The van der Waals surface area contributed by atoms with Crippen molar-refractivity contribution in [3.63, 3.8) is 0 Å². The molecule has 2 heterocycles. The Morgan fingerprint density at radius 1 is 1.08 bits per heavy atom. The van der Waals surface area contributed by atoms with Gasteiger partial charge in [-0.3, -0.25) is 4.79 Å². The number of carbonyl (C=O) groups excluding carboxylic acids is 1. The fourth-order valence-electron chi connectivity index (χ4n) is 3.11. The summed E-state index contributed by atoms with van der Waals surface area (Å²) in [5.41, 5.74) is 1.14. The summed E-state index contributed by atoms with van der Waals surface area (Å²) in [6.07, 6.45) is -1.31. The third-order valence-electron chi connectivity index (χ3n) is 4.26. The Morgan fingerprint density at radius 2 is 1.79 bits per heavy atom. The maximum absolute atomic E-state index is 13.0. The number of hydrogen-bond acceptors (Lipinski definition) is 6. The molecule has 24 heavy (non-hydrogen) atoms. The molecule has 2 aromatic rings. The van der Waals surface area contributed by atoms with Gasteiger partial charge in [-0.1, -0.05) is 17.7 Å². The summed E-state index contributed by atoms with van der Waals surface area (Å²) < 4.78 is 36.9. The molecule has 2 aromatic carbocycles. The van der Waals surface area contributed by atoms with Crippen LogP contribution in [0.5, 0.6) is 11.5 Å². The highest BCUT2D eigenvalue weighted by atomic mass is 32.2. The van der Waals surface area contributed by atoms with Crippen molar-refractivity contribution in [2.45, 2.75) is 35.3 Å². The maximum atomic E-state index is 13.0. The van der Waals surface area contributed by atoms with Crippen molar-refractivity contribution in [3.05, 3.63) is 47.5 Å². The van der Waals surface area contributed by atoms with E-state index in [0.717, 1.165) is 5.56 Å². The molecule has 2 atom stereocenters. The van der Waals surface area contributed by atoms with E-state index in [0.29, 0.717) is 5.75 Å². The molecular formula is C17H14O6S. The summed E-state index contributed by atoms with van der Waals surface area (Å²) >= 11 is 0. The molecule has 6 nitrogen and oxygen atoms in total. The van der Waals surface area contributed by atoms with Crippen LogP contribution in [-0.4, -0.2) is 25.6 Å². The van der Waals surface area contributed by atoms with E-state index in [4.69, 9.17) is 9.47 Å². The van der Waals surface area contributed by atoms with Gasteiger partial charge >= 0.3 is 5.97 Å². The maximum Gasteiger partial charge on any atom is 0.310 e. The quantitative estimate of drug-likeness (QED) is 0.839. The topological polar surface area (TPSA) is 89.9 Å². The largest absolute Gasteiger partial charge is 0.507 e. The Bertz CT molecular complexity index is 946. The van der Waals surface area contributed by atoms with E-state index >= 15 is 0 Å². The molecule has 2 unspecified atom stereocenters. The fourth-order valence-corrected chi connectivity index (χ4v) is 4.69. The first-order valence-electron chi connectivity index (χ1n) is 7.41. The first-order chi connectivity index (χ1) is 11.4. The predicted molar refractivity (Wildman–Crippen MR) is 82.6 cm³/mol. The third kappa shape index (κ3) is 2.08. The summed E-state index contributed by atoms with van der Waals surface area (Å²) in [6, 6.07) is 9.10. The zero-order valence-electron chi connectivity index (χ0n) is 12.7. The molecule has 4 rings (SSSR count). The smallest absolute Gasteiger partial charge is 0.310 e. The van der Waals surface area contributed by atoms with Gasteiger partial charge in [0.05, 0.1) is 16.9 Å². The van der Waals surface area contributed by atoms with Gasteiger partial charge in [-0.05, 0) is 31.2 Å². The molecule has 2 aliphatic rings. The lowest BCUT2D eigenvalue weighted by Crippen LogP contribution is -2.13. The van der Waals surface area contributed by atoms with Crippen molar-refractivity contribution in [1.29, 1.82) is 0 Å². The minimum Gasteiger partial charge on any atom is -0.507 e. The molecular weight excluding hydrogens is 332 g/mol. The minimum atomic E-state index is -3.99. The summed E-state index contributed by atoms with van der Waals surface area (Å²) in [4.78, 5) is 11.3. The van der Waals surface area contributed by atoms with Gasteiger partial charge < -0.3 is 14.6 Å². The number of phenolic OH excluding ortho intramolecular Hbond substituents is 1. The molecule has 7 heteroatoms. The molecule has 0 spiro atoms. The van der Waals surface area contributed by atoms with Crippen LogP contribution < -0.4 is 4.74 Å². The molecule has 1 saturated heterocycles. The second-order valence-corrected chi connectivity index (χ2v) is 7.80. The van der Waals surface area contributed by atoms with E-state index < -0.39 is 28.0 Å². The fraction of sp³-hybridized carbons (Fsp3) is 0.235. The van der Waals surface area contributed by atoms with Gasteiger partial charge in [0.2, 0.25) is 9.84 Å². The SMILES string of the molecule is Cc1ccc(S(=O)(=O)c2c(O)ccc3c2C2OC(=O)CC2O3)cc1. The van der Waals surface area contributed by atoms with Crippen LogP contribution in [-0.2, 0) is 19.4 Å². The average Bonchev–Trinajstić information content (AvgIpc) is 3.03. The van der Waals surface area contributed by atoms with Crippen LogP contribution >= 0.6 is 0 Å². The number of aryl methyl sites for hydroxylation is 1. The van der Waals surface area contributed by atoms with Crippen molar-refractivity contribution in [3.8, 4) is 11.5 Å². The minimum absolute atomic E-state index is 0.0597. The van der Waals surface area contributed by atoms with Gasteiger partial charge in [0, 0.05) is 0 Å². The Morgan fingerprint density at radius 3 is 2.50 bits per heavy atom. The zero-order chi connectivity index (χ0) is 17.1. The van der Waals surface area contributed by atoms with E-state index in [-0.39, 0.29) is 27.5 Å². The Balaban J connectivity index is 1.92. The molecule has 1 N–H and O–H groups in total. The number of fused-ring (bicyclic) bond motifs is 3. The van der Waals surface area contributed by atoms with Crippen LogP contribution in [0.25, 0.3) is 0 Å². The molecule has 0 aliphatic carbocycles. The number of rotatable bonds is 2. The number of esters is 1. The average molecular weight is 346 g/mol. The highest BCUT2D eigenvalue weighted by Crippen LogP contribution is 2.50. The van der Waals surface area contributed by atoms with Gasteiger partial charge in [0.15, 0.2) is 12.2 Å². The van der Waals surface area contributed by atoms with Crippen molar-refractivity contribution in [2.75, 3.05) is 0 Å². The van der Waals surface area contributed by atoms with Crippen LogP contribution in [0.2, 0.25) is 0 Å². The molecule has 1 fully saturated rings. The normalized spacial score (nSPS) is 21.8. The van der Waals surface area contributed by atoms with Crippen molar-refractivity contribution >= 4 is 15.8 Å². The summed E-state index contributed by atoms with van der Waals surface area (Å²) in [5, 5.41) is 10.2. The molecule has 124 valence electrons. The number of phenols is 1. The standard InChI is InChI=1S/C17H14O6S/c1-9-2-4-10(5-3-9)24(20,21)17-11(18)6-7-12-15(17)16-13(22-12)8-14(19)23-16/h2-7,13,16,18H,8H2,1H3. The number of sulfone groups is 1. The molecule has 0 radical (unpaired) electrons. The summed E-state index contributed by atoms with van der Waals surface area (Å²) in [7, 11) is -3.99. The Hall–Kier alpha value is -2.54. The number of ether oxygens (including phenoxy) is 2. The summed E-state index contributed by atoms with van der Waals surface area (Å²) in [5.74, 6) is -0.514. The highest BCUT2D eigenvalue weighted by Gasteiger charge is 2.48. The summed E-state index contributed by atoms with van der Waals surface area (Å²) in [6.45, 7) is 1.85. The van der Waals surface area contributed by atoms with Crippen molar-refractivity contribution < 1.29 is 27.8 Å². The second kappa shape index (κ2) is 4.98. The lowest BCUT2D eigenvalue weighted by Gasteiger charge is -2.14. The molecule has 0 saturated carbocycles. The zero-order valence-corrected chi connectivity index (χ0v) is 13.5. The van der Waals surface area contributed by atoms with Gasteiger partial charge in [0.25, 0.3) is 0 Å². The van der Waals surface area contributed by atoms with Gasteiger partial charge in [-0.25, -0.2) is 8.42 Å². The molecule has 2 aliphatic heterocycles. The Kier molecular flexibility index (Phi) is 3.11. The van der Waals surface area contributed by atoms with Gasteiger partial charge in [0.1, 0.15) is 16.4 Å². The number of carbonyl (C=O) groups is 1. The monoisotopic (exact) mass is 346 g/mol. The Labute approximate surface area is 138 Å². The van der Waals surface area contributed by atoms with Crippen LogP contribution in [0.3, 0.4) is 0 Å². The molecule has 0 bridgehead atoms. The second-order valence-electron chi connectivity index (χ2n) is 5.91. The van der Waals surface area contributed by atoms with Crippen molar-refractivity contribution in [1.82, 2.24) is 0 Å². The van der Waals surface area contributed by atoms with E-state index in [1.54, 1.807) is 12.1 Å². The number of benzene rings is 2. The highest BCUT2D eigenvalue weighted by molar-refractivity contribution is 7.91. The van der Waals surface area contributed by atoms with Crippen LogP contribution in [0, 0.1) is 6.92 Å². The van der Waals surface area contributed by atoms with E-state index in [1.165, 1.54) is 24.3 Å². The third-order valence-corrected chi connectivity index (χ3v) is 6.12. The van der Waals surface area contributed by atoms with Crippen LogP contribution in [0.15, 0.2) is 46.2 Å². The number of aromatic hydroxyl groups is 1. The molecule has 0 amide bonds. The lowest BCUT2D eigenvalue weighted by molar-refractivity contribution is -0.141. The first kappa shape index (κ1) is 15.0. The lowest BCUT2D eigenvalue weighted by atomic mass is 10.1. The van der Waals surface area contributed by atoms with Gasteiger partial charge in [-0.2, -0.15) is 0 Å². The molecule has 0 aromatic heterocycles. The first-order valence-corrected chi connectivity index (χ1v) is 8.90. The van der Waals surface area contributed by atoms with E-state index in [1.807, 2.05) is 6.92 Å². The van der Waals surface area contributed by atoms with Crippen molar-refractivity contribution in [2.24, 2.45) is 0 Å². The van der Waals surface area contributed by atoms with Crippen LogP contribution in [0.1, 0.15) is 23.7 Å². The number of hydrogen-bond donors (Lipinski definition) is 1. The van der Waals surface area contributed by atoms with Crippen LogP contribution in [0.4, 0.5) is 0 Å². The van der Waals surface area contributed by atoms with E-state index in [9.17, 15) is 18.3 Å². The van der Waals surface area contributed by atoms with E-state index in [2.05, 4.69) is 0 Å².